The highest BCUT2D eigenvalue weighted by Crippen LogP contribution is 2.44. The van der Waals surface area contributed by atoms with E-state index < -0.39 is 0 Å². The van der Waals surface area contributed by atoms with Crippen molar-refractivity contribution in [1.29, 1.82) is 0 Å². The number of hydrogen-bond donors (Lipinski definition) is 2. The molecule has 0 aromatic heterocycles. The van der Waals surface area contributed by atoms with Gasteiger partial charge in [-0.05, 0) is 62.7 Å². The van der Waals surface area contributed by atoms with Gasteiger partial charge in [-0.25, -0.2) is 0 Å². The molecule has 0 aliphatic heterocycles. The summed E-state index contributed by atoms with van der Waals surface area (Å²) in [5, 5.41) is 6.43. The maximum Gasteiger partial charge on any atom is 0.251 e. The van der Waals surface area contributed by atoms with Gasteiger partial charge < -0.3 is 10.6 Å². The van der Waals surface area contributed by atoms with Gasteiger partial charge in [0.1, 0.15) is 0 Å². The molecule has 1 aromatic rings. The first kappa shape index (κ1) is 13.6. The van der Waals surface area contributed by atoms with Crippen molar-refractivity contribution in [3.8, 4) is 0 Å². The first-order chi connectivity index (χ1) is 9.78. The Balaban J connectivity index is 1.67. The van der Waals surface area contributed by atoms with Crippen LogP contribution in [0.2, 0.25) is 0 Å². The molecule has 2 aliphatic carbocycles. The van der Waals surface area contributed by atoms with Gasteiger partial charge in [0.25, 0.3) is 5.91 Å². The lowest BCUT2D eigenvalue weighted by molar-refractivity contribution is 0.0922. The molecule has 0 heterocycles. The van der Waals surface area contributed by atoms with Crippen LogP contribution in [0.3, 0.4) is 0 Å². The number of carbonyl (C=O) groups excluding carboxylic acids is 1. The largest absolute Gasteiger partial charge is 0.349 e. The predicted octanol–water partition coefficient (Wildman–Crippen LogP) is 2.37. The number of rotatable bonds is 5. The fraction of sp³-hybridized carbons (Fsp3) is 0.588. The highest BCUT2D eigenvalue weighted by Gasteiger charge is 2.40. The Bertz CT molecular complexity index is 486. The maximum atomic E-state index is 12.5. The summed E-state index contributed by atoms with van der Waals surface area (Å²) in [5.74, 6) is 1.72. The number of likely N-dealkylation sites (N-methyl/N-ethyl adjacent to an activating group) is 1. The summed E-state index contributed by atoms with van der Waals surface area (Å²) in [5.41, 5.74) is 1.99. The van der Waals surface area contributed by atoms with Crippen LogP contribution in [0.25, 0.3) is 0 Å². The second-order valence-electron chi connectivity index (χ2n) is 6.27. The van der Waals surface area contributed by atoms with Crippen LogP contribution in [-0.2, 0) is 6.42 Å². The van der Waals surface area contributed by atoms with Crippen LogP contribution in [0.15, 0.2) is 24.3 Å². The van der Waals surface area contributed by atoms with Crippen LogP contribution in [0.5, 0.6) is 0 Å². The molecule has 3 atom stereocenters. The molecule has 0 spiro atoms. The molecule has 1 amide bonds. The monoisotopic (exact) mass is 272 g/mol. The normalized spacial score (nSPS) is 27.8. The molecule has 108 valence electrons. The van der Waals surface area contributed by atoms with Crippen molar-refractivity contribution in [2.45, 2.75) is 38.1 Å². The topological polar surface area (TPSA) is 41.1 Å². The fourth-order valence-corrected chi connectivity index (χ4v) is 3.89. The van der Waals surface area contributed by atoms with Gasteiger partial charge >= 0.3 is 0 Å². The first-order valence-electron chi connectivity index (χ1n) is 7.81. The SMILES string of the molecule is CNCCc1ccccc1C(=O)NC1CC2CCC1C2. The smallest absolute Gasteiger partial charge is 0.251 e. The van der Waals surface area contributed by atoms with Crippen molar-refractivity contribution in [2.24, 2.45) is 11.8 Å². The maximum absolute atomic E-state index is 12.5. The molecule has 3 nitrogen and oxygen atoms in total. The molecule has 1 aromatic carbocycles. The van der Waals surface area contributed by atoms with Crippen LogP contribution in [-0.4, -0.2) is 25.5 Å². The summed E-state index contributed by atoms with van der Waals surface area (Å²) >= 11 is 0. The molecule has 0 radical (unpaired) electrons. The van der Waals surface area contributed by atoms with Crippen LogP contribution in [0, 0.1) is 11.8 Å². The summed E-state index contributed by atoms with van der Waals surface area (Å²) in [6.07, 6.45) is 6.09. The lowest BCUT2D eigenvalue weighted by Crippen LogP contribution is -2.38. The third kappa shape index (κ3) is 2.73. The number of carbonyl (C=O) groups is 1. The molecular weight excluding hydrogens is 248 g/mol. The lowest BCUT2D eigenvalue weighted by atomic mass is 9.94. The van der Waals surface area contributed by atoms with E-state index in [2.05, 4.69) is 16.7 Å². The van der Waals surface area contributed by atoms with Gasteiger partial charge in [0, 0.05) is 11.6 Å². The quantitative estimate of drug-likeness (QED) is 0.864. The minimum atomic E-state index is 0.120. The van der Waals surface area contributed by atoms with E-state index in [1.807, 2.05) is 25.2 Å². The molecule has 2 bridgehead atoms. The van der Waals surface area contributed by atoms with Crippen molar-refractivity contribution in [2.75, 3.05) is 13.6 Å². The second-order valence-corrected chi connectivity index (χ2v) is 6.27. The molecule has 20 heavy (non-hydrogen) atoms. The van der Waals surface area contributed by atoms with Crippen LogP contribution in [0.1, 0.15) is 41.6 Å². The van der Waals surface area contributed by atoms with E-state index in [1.165, 1.54) is 25.7 Å². The molecule has 2 fully saturated rings. The van der Waals surface area contributed by atoms with Gasteiger partial charge in [-0.15, -0.1) is 0 Å². The van der Waals surface area contributed by atoms with Crippen LogP contribution in [0.4, 0.5) is 0 Å². The summed E-state index contributed by atoms with van der Waals surface area (Å²) in [7, 11) is 1.94. The van der Waals surface area contributed by atoms with E-state index in [9.17, 15) is 4.79 Å². The Morgan fingerprint density at radius 2 is 2.10 bits per heavy atom. The number of fused-ring (bicyclic) bond motifs is 2. The van der Waals surface area contributed by atoms with Gasteiger partial charge in [-0.2, -0.15) is 0 Å². The molecule has 2 aliphatic rings. The third-order valence-electron chi connectivity index (χ3n) is 4.96. The molecule has 0 saturated heterocycles. The van der Waals surface area contributed by atoms with Gasteiger partial charge in [-0.3, -0.25) is 4.79 Å². The number of hydrogen-bond acceptors (Lipinski definition) is 2. The fourth-order valence-electron chi connectivity index (χ4n) is 3.89. The van der Waals surface area contributed by atoms with E-state index in [0.29, 0.717) is 6.04 Å². The Hall–Kier alpha value is -1.35. The first-order valence-corrected chi connectivity index (χ1v) is 7.81. The molecule has 2 N–H and O–H groups in total. The molecule has 3 rings (SSSR count). The van der Waals surface area contributed by atoms with Crippen LogP contribution < -0.4 is 10.6 Å². The highest BCUT2D eigenvalue weighted by atomic mass is 16.1. The van der Waals surface area contributed by atoms with Crippen molar-refractivity contribution in [3.63, 3.8) is 0 Å². The minimum absolute atomic E-state index is 0.120. The number of nitrogens with one attached hydrogen (secondary N) is 2. The van der Waals surface area contributed by atoms with E-state index >= 15 is 0 Å². The average molecular weight is 272 g/mol. The Morgan fingerprint density at radius 1 is 1.25 bits per heavy atom. The standard InChI is InChI=1S/C17H24N2O/c1-18-9-8-13-4-2-3-5-15(13)17(20)19-16-11-12-6-7-14(16)10-12/h2-5,12,14,16,18H,6-11H2,1H3,(H,19,20). The van der Waals surface area contributed by atoms with Gasteiger partial charge in [0.05, 0.1) is 0 Å². The van der Waals surface area contributed by atoms with E-state index in [0.717, 1.165) is 35.9 Å². The van der Waals surface area contributed by atoms with E-state index in [1.54, 1.807) is 0 Å². The average Bonchev–Trinajstić information content (AvgIpc) is 3.08. The van der Waals surface area contributed by atoms with E-state index in [4.69, 9.17) is 0 Å². The van der Waals surface area contributed by atoms with Crippen molar-refractivity contribution >= 4 is 5.91 Å². The van der Waals surface area contributed by atoms with Crippen molar-refractivity contribution in [3.05, 3.63) is 35.4 Å². The summed E-state index contributed by atoms with van der Waals surface area (Å²) < 4.78 is 0. The second kappa shape index (κ2) is 5.96. The number of benzene rings is 1. The summed E-state index contributed by atoms with van der Waals surface area (Å²) in [6.45, 7) is 0.901. The zero-order chi connectivity index (χ0) is 13.9. The molecular formula is C17H24N2O. The lowest BCUT2D eigenvalue weighted by Gasteiger charge is -2.23. The van der Waals surface area contributed by atoms with Gasteiger partial charge in [-0.1, -0.05) is 24.6 Å². The van der Waals surface area contributed by atoms with Gasteiger partial charge in [0.15, 0.2) is 0 Å². The molecule has 2 saturated carbocycles. The summed E-state index contributed by atoms with van der Waals surface area (Å²) in [4.78, 5) is 12.5. The zero-order valence-corrected chi connectivity index (χ0v) is 12.2. The Morgan fingerprint density at radius 3 is 2.80 bits per heavy atom. The number of amides is 1. The highest BCUT2D eigenvalue weighted by molar-refractivity contribution is 5.95. The third-order valence-corrected chi connectivity index (χ3v) is 4.96. The molecule has 3 heteroatoms. The molecule has 3 unspecified atom stereocenters. The van der Waals surface area contributed by atoms with Crippen LogP contribution >= 0.6 is 0 Å². The Kier molecular flexibility index (Phi) is 4.06. The Labute approximate surface area is 121 Å². The zero-order valence-electron chi connectivity index (χ0n) is 12.2. The van der Waals surface area contributed by atoms with Gasteiger partial charge in [0.2, 0.25) is 0 Å². The van der Waals surface area contributed by atoms with Crippen molar-refractivity contribution < 1.29 is 4.79 Å². The van der Waals surface area contributed by atoms with E-state index in [-0.39, 0.29) is 5.91 Å². The summed E-state index contributed by atoms with van der Waals surface area (Å²) in [6, 6.07) is 8.40. The predicted molar refractivity (Wildman–Crippen MR) is 80.8 cm³/mol. The van der Waals surface area contributed by atoms with Crippen molar-refractivity contribution in [1.82, 2.24) is 10.6 Å². The minimum Gasteiger partial charge on any atom is -0.349 e.